The molecule has 0 radical (unpaired) electrons. The summed E-state index contributed by atoms with van der Waals surface area (Å²) in [6, 6.07) is 31.6. The molecule has 0 bridgehead atoms. The number of benzene rings is 4. The summed E-state index contributed by atoms with van der Waals surface area (Å²) in [6.45, 7) is 0. The molecule has 0 aliphatic heterocycles. The smallest absolute Gasteiger partial charge is 0.592 e. The van der Waals surface area contributed by atoms with E-state index in [9.17, 15) is 19.2 Å². The third kappa shape index (κ3) is 4.89. The molecule has 7 heteroatoms. The molecule has 0 spiro atoms. The minimum Gasteiger partial charge on any atom is -0.592 e. The van der Waals surface area contributed by atoms with Crippen LogP contribution in [0.25, 0.3) is 11.5 Å². The monoisotopic (exact) mass is 560 g/mol. The first-order valence-electron chi connectivity index (χ1n) is 11.8. The molecule has 4 aromatic rings. The number of Topliss-reactive ketones (excluding diaryl/α,β-unsaturated/α-hetero) is 2. The van der Waals surface area contributed by atoms with Crippen LogP contribution in [-0.2, 0) is 17.1 Å². The molecule has 6 nitrogen and oxygen atoms in total. The van der Waals surface area contributed by atoms with Crippen LogP contribution in [0.15, 0.2) is 120 Å². The first kappa shape index (κ1) is 27.2. The summed E-state index contributed by atoms with van der Waals surface area (Å²) in [5, 5.41) is 16.2. The van der Waals surface area contributed by atoms with E-state index in [-0.39, 0.29) is 62.9 Å². The Morgan fingerprint density at radius 2 is 0.744 bits per heavy atom. The molecule has 2 aliphatic rings. The van der Waals surface area contributed by atoms with Gasteiger partial charge in [-0.1, -0.05) is 72.8 Å². The molecular formula is C32H24FeO6+6. The summed E-state index contributed by atoms with van der Waals surface area (Å²) in [4.78, 5) is 44.8. The standard InChI is InChI=1S/2C16H10O3.Fe/c2*17-14(10-6-2-1-3-7-10)13-15(18)11-8-4-5-9-12(11)16(13)19;/h2*1-9,17H;/q;;+2/p+4. The largest absolute Gasteiger partial charge is 2.00 e. The van der Waals surface area contributed by atoms with Crippen molar-refractivity contribution in [1.29, 1.82) is 0 Å². The Labute approximate surface area is 234 Å². The maximum atomic E-state index is 12.3. The van der Waals surface area contributed by atoms with E-state index in [1.807, 2.05) is 12.1 Å². The molecule has 0 unspecified atom stereocenters. The van der Waals surface area contributed by atoms with Gasteiger partial charge in [-0.2, -0.15) is 0 Å². The number of ketones is 4. The predicted molar refractivity (Wildman–Crippen MR) is 148 cm³/mol. The van der Waals surface area contributed by atoms with E-state index >= 15 is 0 Å². The topological polar surface area (TPSA) is 123 Å². The number of fused-ring (bicyclic) bond motifs is 2. The van der Waals surface area contributed by atoms with Gasteiger partial charge in [0.15, 0.2) is 0 Å². The molecule has 0 fully saturated rings. The zero-order valence-corrected chi connectivity index (χ0v) is 21.6. The van der Waals surface area contributed by atoms with Crippen LogP contribution in [0, 0.1) is 0 Å². The first-order valence-corrected chi connectivity index (χ1v) is 11.8. The molecule has 0 saturated carbocycles. The van der Waals surface area contributed by atoms with Gasteiger partial charge in [-0.25, -0.2) is 0 Å². The SMILES string of the molecule is O=C1C(=C([OH2+])c2ccccc2)C(=[OH+])c2ccccc21.O=C1C(=C([OH2+])c2ccccc2)C(=[OH+])c2ccccc21.[Fe+2]. The van der Waals surface area contributed by atoms with Crippen molar-refractivity contribution >= 4 is 34.7 Å². The molecule has 0 atom stereocenters. The predicted octanol–water partition coefficient (Wildman–Crippen LogP) is 3.82. The zero-order valence-electron chi connectivity index (χ0n) is 20.5. The van der Waals surface area contributed by atoms with Crippen LogP contribution in [0.5, 0.6) is 0 Å². The molecule has 0 heterocycles. The molecule has 2 aliphatic carbocycles. The van der Waals surface area contributed by atoms with Crippen LogP contribution in [0.3, 0.4) is 0 Å². The molecular weight excluding hydrogens is 536 g/mol. The van der Waals surface area contributed by atoms with Crippen LogP contribution < -0.4 is 0 Å². The number of hydrogen-bond donors (Lipinski definition) is 0. The Kier molecular flexibility index (Phi) is 7.86. The molecule has 0 saturated heterocycles. The van der Waals surface area contributed by atoms with E-state index < -0.39 is 0 Å². The summed E-state index contributed by atoms with van der Waals surface area (Å²) in [5.41, 5.74) is 3.30. The van der Waals surface area contributed by atoms with Crippen molar-refractivity contribution in [1.82, 2.24) is 0 Å². The van der Waals surface area contributed by atoms with E-state index in [4.69, 9.17) is 10.2 Å². The van der Waals surface area contributed by atoms with E-state index in [1.165, 1.54) is 0 Å². The summed E-state index contributed by atoms with van der Waals surface area (Å²) >= 11 is 0. The maximum absolute atomic E-state index is 12.3. The van der Waals surface area contributed by atoms with Crippen LogP contribution in [0.4, 0.5) is 0 Å². The fraction of sp³-hybridized carbons (Fsp3) is 0. The fourth-order valence-electron chi connectivity index (χ4n) is 4.49. The van der Waals surface area contributed by atoms with Crippen molar-refractivity contribution in [2.45, 2.75) is 0 Å². The summed E-state index contributed by atoms with van der Waals surface area (Å²) in [6.07, 6.45) is 0. The third-order valence-electron chi connectivity index (χ3n) is 6.41. The number of carbonyl (C=O) groups excluding carboxylic acids is 4. The minimum absolute atomic E-state index is 0. The van der Waals surface area contributed by atoms with Crippen molar-refractivity contribution < 1.29 is 46.5 Å². The van der Waals surface area contributed by atoms with Crippen molar-refractivity contribution in [3.8, 4) is 0 Å². The Balaban J connectivity index is 0.000000176. The molecule has 0 amide bonds. The van der Waals surface area contributed by atoms with Crippen LogP contribution in [0.1, 0.15) is 43.0 Å². The van der Waals surface area contributed by atoms with Gasteiger partial charge in [-0.3, -0.25) is 19.2 Å². The summed E-state index contributed by atoms with van der Waals surface area (Å²) in [7, 11) is 0. The second-order valence-electron chi connectivity index (χ2n) is 8.68. The van der Waals surface area contributed by atoms with Gasteiger partial charge in [0.25, 0.3) is 11.5 Å². The van der Waals surface area contributed by atoms with Gasteiger partial charge < -0.3 is 10.2 Å². The van der Waals surface area contributed by atoms with E-state index in [1.54, 1.807) is 97.1 Å². The van der Waals surface area contributed by atoms with Gasteiger partial charge >= 0.3 is 28.6 Å². The Hall–Kier alpha value is -4.84. The Morgan fingerprint density at radius 1 is 0.462 bits per heavy atom. The van der Waals surface area contributed by atoms with Crippen LogP contribution >= 0.6 is 0 Å². The van der Waals surface area contributed by atoms with Crippen molar-refractivity contribution in [3.05, 3.63) is 154 Å². The second kappa shape index (κ2) is 11.3. The summed E-state index contributed by atoms with van der Waals surface area (Å²) < 4.78 is 0. The van der Waals surface area contributed by atoms with Crippen molar-refractivity contribution in [2.75, 3.05) is 0 Å². The maximum Gasteiger partial charge on any atom is 2.00 e. The Morgan fingerprint density at radius 3 is 1.05 bits per heavy atom. The minimum atomic E-state index is -0.290. The average Bonchev–Trinajstić information content (AvgIpc) is 3.38. The number of rotatable bonds is 2. The summed E-state index contributed by atoms with van der Waals surface area (Å²) in [5.74, 6) is -0.675. The van der Waals surface area contributed by atoms with Gasteiger partial charge in [-0.05, 0) is 36.4 Å². The fourth-order valence-corrected chi connectivity index (χ4v) is 4.49. The van der Waals surface area contributed by atoms with Gasteiger partial charge in [-0.15, -0.1) is 0 Å². The van der Waals surface area contributed by atoms with E-state index in [0.29, 0.717) is 33.4 Å². The number of allylic oxidation sites excluding steroid dienone is 2. The van der Waals surface area contributed by atoms with E-state index in [0.717, 1.165) is 0 Å². The van der Waals surface area contributed by atoms with Crippen molar-refractivity contribution in [3.63, 3.8) is 0 Å². The van der Waals surface area contributed by atoms with E-state index in [2.05, 4.69) is 0 Å². The van der Waals surface area contributed by atoms with Gasteiger partial charge in [0, 0.05) is 11.1 Å². The van der Waals surface area contributed by atoms with Gasteiger partial charge in [0.2, 0.25) is 22.7 Å². The average molecular weight is 560 g/mol. The number of carbonyl (C=O) groups is 2. The molecule has 6 rings (SSSR count). The first-order chi connectivity index (χ1) is 18.4. The molecule has 6 N–H and O–H groups in total. The second-order valence-corrected chi connectivity index (χ2v) is 8.68. The van der Waals surface area contributed by atoms with Crippen LogP contribution in [-0.4, -0.2) is 42.9 Å². The normalized spacial score (nSPS) is 16.0. The van der Waals surface area contributed by atoms with Crippen LogP contribution in [0.2, 0.25) is 0 Å². The molecule has 4 aromatic carbocycles. The van der Waals surface area contributed by atoms with Crippen molar-refractivity contribution in [2.24, 2.45) is 0 Å². The molecule has 190 valence electrons. The Bertz CT molecular complexity index is 1480. The molecule has 0 aromatic heterocycles. The van der Waals surface area contributed by atoms with Gasteiger partial charge in [0.05, 0.1) is 22.3 Å². The molecule has 39 heavy (non-hydrogen) atoms. The zero-order chi connectivity index (χ0) is 26.8. The quantitative estimate of drug-likeness (QED) is 0.122. The van der Waals surface area contributed by atoms with Gasteiger partial charge in [0.1, 0.15) is 0 Å². The number of hydrogen-bond acceptors (Lipinski definition) is 2. The third-order valence-corrected chi connectivity index (χ3v) is 6.41.